The molecular weight excluding hydrogens is 515 g/mol. The Bertz CT molecular complexity index is 814. The maximum atomic E-state index is 6.04. The van der Waals surface area contributed by atoms with Crippen molar-refractivity contribution in [2.75, 3.05) is 39.8 Å². The molecular formula is C21H32ClIN6O. The Morgan fingerprint density at radius 2 is 2.23 bits per heavy atom. The molecule has 1 aromatic heterocycles. The van der Waals surface area contributed by atoms with Gasteiger partial charge >= 0.3 is 0 Å². The predicted molar refractivity (Wildman–Crippen MR) is 133 cm³/mol. The van der Waals surface area contributed by atoms with Crippen molar-refractivity contribution in [2.45, 2.75) is 39.2 Å². The molecule has 166 valence electrons. The minimum absolute atomic E-state index is 0. The van der Waals surface area contributed by atoms with Crippen LogP contribution in [0.5, 0.6) is 0 Å². The second kappa shape index (κ2) is 12.5. The number of rotatable bonds is 8. The first-order valence-corrected chi connectivity index (χ1v) is 10.8. The number of aliphatic imine (C=N–C) groups is 1. The molecule has 0 amide bonds. The van der Waals surface area contributed by atoms with Crippen LogP contribution in [0.4, 0.5) is 0 Å². The Hall–Kier alpha value is -1.39. The fourth-order valence-electron chi connectivity index (χ4n) is 3.75. The standard InChI is InChI=1S/C21H31ClN6O.HI/c1-4-23-21(27(3)15-18-10-7-13-28(18)5-2)24-12-11-19-25-20(26-29-19)16-8-6-9-17(22)14-16;/h6,8-9,14,18H,4-5,7,10-13,15H2,1-3H3,(H,23,24);1H. The number of halogens is 2. The predicted octanol–water partition coefficient (Wildman–Crippen LogP) is 3.93. The summed E-state index contributed by atoms with van der Waals surface area (Å²) >= 11 is 6.04. The molecule has 7 nitrogen and oxygen atoms in total. The lowest BCUT2D eigenvalue weighted by Crippen LogP contribution is -2.46. The summed E-state index contributed by atoms with van der Waals surface area (Å²) in [6.45, 7) is 9.05. The number of nitrogens with zero attached hydrogens (tertiary/aromatic N) is 5. The topological polar surface area (TPSA) is 69.8 Å². The van der Waals surface area contributed by atoms with Gasteiger partial charge in [-0.3, -0.25) is 9.89 Å². The second-order valence-corrected chi connectivity index (χ2v) is 7.75. The third-order valence-electron chi connectivity index (χ3n) is 5.22. The third kappa shape index (κ3) is 6.81. The number of likely N-dealkylation sites (tertiary alicyclic amines) is 1. The number of benzene rings is 1. The van der Waals surface area contributed by atoms with Crippen molar-refractivity contribution in [2.24, 2.45) is 4.99 Å². The average molecular weight is 547 g/mol. The van der Waals surface area contributed by atoms with Gasteiger partial charge < -0.3 is 14.7 Å². The van der Waals surface area contributed by atoms with Gasteiger partial charge in [0.25, 0.3) is 0 Å². The SMILES string of the molecule is CCNC(=NCCc1nc(-c2cccc(Cl)c2)no1)N(C)CC1CCCN1CC.I. The van der Waals surface area contributed by atoms with Gasteiger partial charge in [0.05, 0.1) is 6.54 Å². The number of hydrogen-bond acceptors (Lipinski definition) is 5. The zero-order valence-corrected chi connectivity index (χ0v) is 21.1. The molecule has 0 bridgehead atoms. The molecule has 1 aromatic carbocycles. The Balaban J connectivity index is 0.00000320. The van der Waals surface area contributed by atoms with E-state index in [0.29, 0.717) is 35.7 Å². The summed E-state index contributed by atoms with van der Waals surface area (Å²) in [6, 6.07) is 8.05. The van der Waals surface area contributed by atoms with Crippen LogP contribution >= 0.6 is 35.6 Å². The van der Waals surface area contributed by atoms with Crippen molar-refractivity contribution in [1.82, 2.24) is 25.3 Å². The van der Waals surface area contributed by atoms with Gasteiger partial charge in [0.1, 0.15) is 0 Å². The minimum Gasteiger partial charge on any atom is -0.357 e. The molecule has 1 aliphatic rings. The highest BCUT2D eigenvalue weighted by Gasteiger charge is 2.24. The van der Waals surface area contributed by atoms with E-state index in [1.165, 1.54) is 19.4 Å². The van der Waals surface area contributed by atoms with Gasteiger partial charge in [-0.2, -0.15) is 4.98 Å². The van der Waals surface area contributed by atoms with Crippen LogP contribution < -0.4 is 5.32 Å². The van der Waals surface area contributed by atoms with Crippen LogP contribution in [0.2, 0.25) is 5.02 Å². The van der Waals surface area contributed by atoms with Crippen LogP contribution in [-0.4, -0.2) is 71.7 Å². The summed E-state index contributed by atoms with van der Waals surface area (Å²) < 4.78 is 5.38. The zero-order chi connectivity index (χ0) is 20.6. The van der Waals surface area contributed by atoms with E-state index < -0.39 is 0 Å². The molecule has 1 saturated heterocycles. The van der Waals surface area contributed by atoms with Gasteiger partial charge in [0.2, 0.25) is 11.7 Å². The smallest absolute Gasteiger partial charge is 0.228 e. The molecule has 1 atom stereocenters. The maximum absolute atomic E-state index is 6.04. The zero-order valence-electron chi connectivity index (χ0n) is 18.0. The molecule has 2 heterocycles. The molecule has 2 aromatic rings. The van der Waals surface area contributed by atoms with E-state index in [1.807, 2.05) is 24.3 Å². The normalized spacial score (nSPS) is 17.1. The van der Waals surface area contributed by atoms with Gasteiger partial charge in [-0.25, -0.2) is 0 Å². The van der Waals surface area contributed by atoms with E-state index >= 15 is 0 Å². The number of aromatic nitrogens is 2. The van der Waals surface area contributed by atoms with E-state index in [1.54, 1.807) is 0 Å². The first kappa shape index (κ1) is 24.9. The largest absolute Gasteiger partial charge is 0.357 e. The molecule has 1 fully saturated rings. The van der Waals surface area contributed by atoms with Crippen LogP contribution in [0.15, 0.2) is 33.8 Å². The Morgan fingerprint density at radius 1 is 1.40 bits per heavy atom. The Labute approximate surface area is 201 Å². The highest BCUT2D eigenvalue weighted by Crippen LogP contribution is 2.20. The van der Waals surface area contributed by atoms with Gasteiger partial charge in [0, 0.05) is 43.2 Å². The minimum atomic E-state index is 0. The number of nitrogens with one attached hydrogen (secondary N) is 1. The van der Waals surface area contributed by atoms with Crippen LogP contribution in [-0.2, 0) is 6.42 Å². The molecule has 0 saturated carbocycles. The van der Waals surface area contributed by atoms with Crippen molar-refractivity contribution in [1.29, 1.82) is 0 Å². The Kier molecular flexibility index (Phi) is 10.3. The molecule has 1 aliphatic heterocycles. The Morgan fingerprint density at radius 3 is 2.97 bits per heavy atom. The van der Waals surface area contributed by atoms with Crippen LogP contribution in [0.3, 0.4) is 0 Å². The summed E-state index contributed by atoms with van der Waals surface area (Å²) in [5.41, 5.74) is 0.848. The molecule has 1 unspecified atom stereocenters. The lowest BCUT2D eigenvalue weighted by Gasteiger charge is -2.29. The molecule has 0 aliphatic carbocycles. The molecule has 0 spiro atoms. The second-order valence-electron chi connectivity index (χ2n) is 7.31. The van der Waals surface area contributed by atoms with E-state index in [4.69, 9.17) is 21.1 Å². The summed E-state index contributed by atoms with van der Waals surface area (Å²) in [4.78, 5) is 14.0. The molecule has 1 N–H and O–H groups in total. The van der Waals surface area contributed by atoms with Crippen LogP contribution in [0.25, 0.3) is 11.4 Å². The first-order valence-electron chi connectivity index (χ1n) is 10.4. The lowest BCUT2D eigenvalue weighted by atomic mass is 10.2. The number of likely N-dealkylation sites (N-methyl/N-ethyl adjacent to an activating group) is 2. The fourth-order valence-corrected chi connectivity index (χ4v) is 3.94. The first-order chi connectivity index (χ1) is 14.1. The van der Waals surface area contributed by atoms with E-state index in [0.717, 1.165) is 31.2 Å². The lowest BCUT2D eigenvalue weighted by molar-refractivity contribution is 0.232. The highest BCUT2D eigenvalue weighted by atomic mass is 127. The van der Waals surface area contributed by atoms with Crippen LogP contribution in [0, 0.1) is 0 Å². The maximum Gasteiger partial charge on any atom is 0.228 e. The number of hydrogen-bond donors (Lipinski definition) is 1. The summed E-state index contributed by atoms with van der Waals surface area (Å²) in [5, 5.41) is 8.10. The van der Waals surface area contributed by atoms with E-state index in [-0.39, 0.29) is 24.0 Å². The van der Waals surface area contributed by atoms with E-state index in [9.17, 15) is 0 Å². The van der Waals surface area contributed by atoms with Crippen molar-refractivity contribution >= 4 is 41.5 Å². The van der Waals surface area contributed by atoms with Gasteiger partial charge in [-0.1, -0.05) is 35.8 Å². The molecule has 30 heavy (non-hydrogen) atoms. The molecule has 9 heteroatoms. The van der Waals surface area contributed by atoms with Crippen molar-refractivity contribution in [3.05, 3.63) is 35.2 Å². The fraction of sp³-hybridized carbons (Fsp3) is 0.571. The van der Waals surface area contributed by atoms with Crippen molar-refractivity contribution < 1.29 is 4.52 Å². The third-order valence-corrected chi connectivity index (χ3v) is 5.46. The van der Waals surface area contributed by atoms with Gasteiger partial charge in [0.15, 0.2) is 5.96 Å². The summed E-state index contributed by atoms with van der Waals surface area (Å²) in [5.74, 6) is 2.05. The van der Waals surface area contributed by atoms with Crippen molar-refractivity contribution in [3.63, 3.8) is 0 Å². The molecule has 3 rings (SSSR count). The van der Waals surface area contributed by atoms with Crippen LogP contribution in [0.1, 0.15) is 32.6 Å². The average Bonchev–Trinajstić information content (AvgIpc) is 3.36. The highest BCUT2D eigenvalue weighted by molar-refractivity contribution is 14.0. The van der Waals surface area contributed by atoms with Gasteiger partial charge in [-0.15, -0.1) is 24.0 Å². The quantitative estimate of drug-likeness (QED) is 0.307. The monoisotopic (exact) mass is 546 g/mol. The number of guanidine groups is 1. The van der Waals surface area contributed by atoms with Gasteiger partial charge in [-0.05, 0) is 45.0 Å². The summed E-state index contributed by atoms with van der Waals surface area (Å²) in [7, 11) is 2.11. The van der Waals surface area contributed by atoms with Crippen molar-refractivity contribution in [3.8, 4) is 11.4 Å². The summed E-state index contributed by atoms with van der Waals surface area (Å²) in [6.07, 6.45) is 3.14. The molecule has 0 radical (unpaired) electrons. The van der Waals surface area contributed by atoms with E-state index in [2.05, 4.69) is 46.2 Å².